The third-order valence-electron chi connectivity index (χ3n) is 3.25. The van der Waals surface area contributed by atoms with Gasteiger partial charge in [0, 0.05) is 18.3 Å². The highest BCUT2D eigenvalue weighted by atomic mass is 32.2. The smallest absolute Gasteiger partial charge is 0.232 e. The van der Waals surface area contributed by atoms with E-state index in [2.05, 4.69) is 37.9 Å². The van der Waals surface area contributed by atoms with E-state index in [1.54, 1.807) is 0 Å². The van der Waals surface area contributed by atoms with Gasteiger partial charge >= 0.3 is 0 Å². The van der Waals surface area contributed by atoms with Crippen molar-refractivity contribution in [2.24, 2.45) is 11.8 Å². The van der Waals surface area contributed by atoms with E-state index in [4.69, 9.17) is 0 Å². The van der Waals surface area contributed by atoms with Crippen molar-refractivity contribution in [2.75, 3.05) is 31.9 Å². The van der Waals surface area contributed by atoms with Crippen molar-refractivity contribution in [3.8, 4) is 0 Å². The van der Waals surface area contributed by atoms with Crippen LogP contribution in [0.15, 0.2) is 0 Å². The molecule has 0 radical (unpaired) electrons. The van der Waals surface area contributed by atoms with Crippen molar-refractivity contribution in [1.82, 2.24) is 10.2 Å². The minimum Gasteiger partial charge on any atom is -0.341 e. The first-order chi connectivity index (χ1) is 8.99. The molecule has 1 amide bonds. The van der Waals surface area contributed by atoms with Crippen LogP contribution in [0.25, 0.3) is 0 Å². The van der Waals surface area contributed by atoms with Crippen molar-refractivity contribution in [3.05, 3.63) is 0 Å². The number of rotatable bonds is 7. The summed E-state index contributed by atoms with van der Waals surface area (Å²) < 4.78 is 0. The average Bonchev–Trinajstić information content (AvgIpc) is 2.35. The normalized spacial score (nSPS) is 17.2. The Kier molecular flexibility index (Phi) is 7.84. The number of carbonyl (C=O) groups is 1. The third kappa shape index (κ3) is 7.21. The van der Waals surface area contributed by atoms with Crippen LogP contribution in [0.1, 0.15) is 40.5 Å². The van der Waals surface area contributed by atoms with E-state index in [0.29, 0.717) is 28.7 Å². The van der Waals surface area contributed by atoms with Crippen molar-refractivity contribution < 1.29 is 4.79 Å². The van der Waals surface area contributed by atoms with E-state index < -0.39 is 0 Å². The number of piperidine rings is 1. The first-order valence-corrected chi connectivity index (χ1v) is 8.64. The first-order valence-electron chi connectivity index (χ1n) is 7.59. The van der Waals surface area contributed by atoms with Crippen LogP contribution in [0, 0.1) is 11.8 Å². The number of nitrogens with zero attached hydrogens (tertiary/aromatic N) is 1. The average molecular weight is 286 g/mol. The number of carbonyl (C=O) groups excluding carboxylic acids is 1. The number of thioether (sulfide) groups is 1. The van der Waals surface area contributed by atoms with Gasteiger partial charge in [-0.25, -0.2) is 0 Å². The molecule has 112 valence electrons. The fourth-order valence-corrected chi connectivity index (χ4v) is 3.53. The summed E-state index contributed by atoms with van der Waals surface area (Å²) in [6, 6.07) is 0. The Hall–Kier alpha value is -0.220. The lowest BCUT2D eigenvalue weighted by Gasteiger charge is -2.28. The predicted octanol–water partition coefficient (Wildman–Crippen LogP) is 2.61. The lowest BCUT2D eigenvalue weighted by Crippen LogP contribution is -2.39. The van der Waals surface area contributed by atoms with Crippen LogP contribution in [0.2, 0.25) is 0 Å². The minimum absolute atomic E-state index is 0.325. The summed E-state index contributed by atoms with van der Waals surface area (Å²) in [7, 11) is 0. The van der Waals surface area contributed by atoms with Gasteiger partial charge in [-0.2, -0.15) is 0 Å². The van der Waals surface area contributed by atoms with Crippen molar-refractivity contribution in [2.45, 2.75) is 45.8 Å². The molecule has 0 aromatic heterocycles. The molecule has 1 aliphatic heterocycles. The topological polar surface area (TPSA) is 32.3 Å². The second-order valence-electron chi connectivity index (χ2n) is 6.35. The maximum atomic E-state index is 12.3. The number of hydrogen-bond donors (Lipinski definition) is 1. The van der Waals surface area contributed by atoms with Crippen molar-refractivity contribution in [1.29, 1.82) is 0 Å². The fourth-order valence-electron chi connectivity index (χ4n) is 2.40. The number of amides is 1. The molecule has 1 rings (SSSR count). The van der Waals surface area contributed by atoms with Gasteiger partial charge in [-0.3, -0.25) is 4.79 Å². The molecule has 1 heterocycles. The van der Waals surface area contributed by atoms with Gasteiger partial charge in [-0.15, -0.1) is 11.8 Å². The van der Waals surface area contributed by atoms with Crippen LogP contribution in [0.3, 0.4) is 0 Å². The van der Waals surface area contributed by atoms with E-state index in [1.165, 1.54) is 12.8 Å². The molecule has 0 aliphatic carbocycles. The minimum atomic E-state index is 0.325. The largest absolute Gasteiger partial charge is 0.341 e. The third-order valence-corrected chi connectivity index (χ3v) is 4.61. The molecule has 1 N–H and O–H groups in total. The SMILES string of the molecule is CC(C)CN(CC(C)C)C(=O)CSC1CCNCC1. The van der Waals surface area contributed by atoms with Gasteiger partial charge < -0.3 is 10.2 Å². The highest BCUT2D eigenvalue weighted by molar-refractivity contribution is 8.00. The van der Waals surface area contributed by atoms with Crippen LogP contribution in [0.4, 0.5) is 0 Å². The molecule has 4 heteroatoms. The summed E-state index contributed by atoms with van der Waals surface area (Å²) >= 11 is 1.86. The maximum absolute atomic E-state index is 12.3. The second-order valence-corrected chi connectivity index (χ2v) is 7.64. The highest BCUT2D eigenvalue weighted by Gasteiger charge is 2.19. The van der Waals surface area contributed by atoms with Crippen molar-refractivity contribution >= 4 is 17.7 Å². The molecule has 1 saturated heterocycles. The molecule has 0 atom stereocenters. The molecule has 1 aliphatic rings. The lowest BCUT2D eigenvalue weighted by atomic mass is 10.1. The Morgan fingerprint density at radius 3 is 2.16 bits per heavy atom. The van der Waals surface area contributed by atoms with E-state index in [0.717, 1.165) is 26.2 Å². The van der Waals surface area contributed by atoms with Gasteiger partial charge in [0.15, 0.2) is 0 Å². The molecule has 0 aromatic carbocycles. The van der Waals surface area contributed by atoms with E-state index >= 15 is 0 Å². The van der Waals surface area contributed by atoms with E-state index in [1.807, 2.05) is 11.8 Å². The highest BCUT2D eigenvalue weighted by Crippen LogP contribution is 2.20. The molecular formula is C15H30N2OS. The van der Waals surface area contributed by atoms with E-state index in [-0.39, 0.29) is 0 Å². The summed E-state index contributed by atoms with van der Waals surface area (Å²) in [5.41, 5.74) is 0. The zero-order valence-electron chi connectivity index (χ0n) is 12.9. The second kappa shape index (κ2) is 8.85. The molecule has 0 saturated carbocycles. The molecule has 19 heavy (non-hydrogen) atoms. The lowest BCUT2D eigenvalue weighted by molar-refractivity contribution is -0.129. The Morgan fingerprint density at radius 2 is 1.68 bits per heavy atom. The fraction of sp³-hybridized carbons (Fsp3) is 0.933. The van der Waals surface area contributed by atoms with Gasteiger partial charge in [0.1, 0.15) is 0 Å². The maximum Gasteiger partial charge on any atom is 0.232 e. The summed E-state index contributed by atoms with van der Waals surface area (Å²) in [5, 5.41) is 4.04. The Balaban J connectivity index is 2.37. The quantitative estimate of drug-likeness (QED) is 0.781. The summed E-state index contributed by atoms with van der Waals surface area (Å²) in [6.45, 7) is 12.7. The Morgan fingerprint density at radius 1 is 1.16 bits per heavy atom. The zero-order chi connectivity index (χ0) is 14.3. The van der Waals surface area contributed by atoms with Gasteiger partial charge in [0.25, 0.3) is 0 Å². The molecule has 3 nitrogen and oxygen atoms in total. The Labute approximate surface area is 122 Å². The number of hydrogen-bond acceptors (Lipinski definition) is 3. The molecule has 1 fully saturated rings. The zero-order valence-corrected chi connectivity index (χ0v) is 13.8. The molecule has 0 aromatic rings. The molecular weight excluding hydrogens is 256 g/mol. The van der Waals surface area contributed by atoms with Crippen LogP contribution in [-0.4, -0.2) is 48.0 Å². The molecule has 0 bridgehead atoms. The summed E-state index contributed by atoms with van der Waals surface area (Å²) in [6.07, 6.45) is 2.40. The van der Waals surface area contributed by atoms with Gasteiger partial charge in [0.05, 0.1) is 5.75 Å². The molecule has 0 spiro atoms. The van der Waals surface area contributed by atoms with Crippen LogP contribution in [-0.2, 0) is 4.79 Å². The van der Waals surface area contributed by atoms with Crippen molar-refractivity contribution in [3.63, 3.8) is 0 Å². The van der Waals surface area contributed by atoms with Gasteiger partial charge in [-0.1, -0.05) is 27.7 Å². The first kappa shape index (κ1) is 16.8. The van der Waals surface area contributed by atoms with Crippen LogP contribution < -0.4 is 5.32 Å². The predicted molar refractivity (Wildman–Crippen MR) is 84.6 cm³/mol. The van der Waals surface area contributed by atoms with Gasteiger partial charge in [0.2, 0.25) is 5.91 Å². The monoisotopic (exact) mass is 286 g/mol. The van der Waals surface area contributed by atoms with Crippen LogP contribution >= 0.6 is 11.8 Å². The summed E-state index contributed by atoms with van der Waals surface area (Å²) in [4.78, 5) is 14.4. The number of nitrogens with one attached hydrogen (secondary N) is 1. The Bertz CT molecular complexity index is 253. The summed E-state index contributed by atoms with van der Waals surface area (Å²) in [5.74, 6) is 2.08. The van der Waals surface area contributed by atoms with E-state index in [9.17, 15) is 4.79 Å². The molecule has 0 unspecified atom stereocenters. The van der Waals surface area contributed by atoms with Crippen LogP contribution in [0.5, 0.6) is 0 Å². The standard InChI is InChI=1S/C15H30N2OS/c1-12(2)9-17(10-13(3)4)15(18)11-19-14-5-7-16-8-6-14/h12-14,16H,5-11H2,1-4H3. The van der Waals surface area contributed by atoms with Gasteiger partial charge in [-0.05, 0) is 37.8 Å².